The highest BCUT2D eigenvalue weighted by Crippen LogP contribution is 2.30. The molecule has 1 aromatic carbocycles. The van der Waals surface area contributed by atoms with Crippen molar-refractivity contribution in [2.24, 2.45) is 0 Å². The summed E-state index contributed by atoms with van der Waals surface area (Å²) in [6.07, 6.45) is -3.05. The first kappa shape index (κ1) is 22.6. The molecular formula is C21H22F3N7O2. The van der Waals surface area contributed by atoms with Crippen LogP contribution in [0.3, 0.4) is 0 Å². The third-order valence-electron chi connectivity index (χ3n) is 5.17. The summed E-state index contributed by atoms with van der Waals surface area (Å²) in [6.45, 7) is 4.89. The molecule has 1 N–H and O–H groups in total. The number of halogens is 3. The van der Waals surface area contributed by atoms with Crippen molar-refractivity contribution in [3.8, 4) is 5.75 Å². The van der Waals surface area contributed by atoms with Gasteiger partial charge in [0.25, 0.3) is 5.91 Å². The summed E-state index contributed by atoms with van der Waals surface area (Å²) in [6, 6.07) is 4.09. The lowest BCUT2D eigenvalue weighted by molar-refractivity contribution is -0.137. The zero-order chi connectivity index (χ0) is 23.6. The molecule has 2 aromatic heterocycles. The lowest BCUT2D eigenvalue weighted by Crippen LogP contribution is -2.45. The van der Waals surface area contributed by atoms with Crippen LogP contribution in [0.2, 0.25) is 0 Å². The second-order valence-electron chi connectivity index (χ2n) is 7.69. The SMILES string of the molecule is Cc1nc(N2CCN(C)CC2)nc2ncc(NC(=O)COc3ccc(C(F)(F)F)cc3)nc12. The zero-order valence-corrected chi connectivity index (χ0v) is 18.1. The normalized spacial score (nSPS) is 15.0. The van der Waals surface area contributed by atoms with Crippen molar-refractivity contribution in [3.05, 3.63) is 41.7 Å². The summed E-state index contributed by atoms with van der Waals surface area (Å²) < 4.78 is 43.1. The molecule has 0 radical (unpaired) electrons. The van der Waals surface area contributed by atoms with Gasteiger partial charge in [0.2, 0.25) is 5.95 Å². The molecule has 0 aliphatic carbocycles. The lowest BCUT2D eigenvalue weighted by atomic mass is 10.2. The molecule has 0 atom stereocenters. The van der Waals surface area contributed by atoms with E-state index in [9.17, 15) is 18.0 Å². The van der Waals surface area contributed by atoms with Gasteiger partial charge in [0.15, 0.2) is 18.1 Å². The minimum Gasteiger partial charge on any atom is -0.484 e. The van der Waals surface area contributed by atoms with E-state index in [-0.39, 0.29) is 11.6 Å². The maximum absolute atomic E-state index is 12.6. The van der Waals surface area contributed by atoms with Gasteiger partial charge in [-0.3, -0.25) is 4.79 Å². The van der Waals surface area contributed by atoms with Crippen molar-refractivity contribution in [1.29, 1.82) is 0 Å². The van der Waals surface area contributed by atoms with Crippen LogP contribution in [0.15, 0.2) is 30.5 Å². The second-order valence-corrected chi connectivity index (χ2v) is 7.69. The van der Waals surface area contributed by atoms with Gasteiger partial charge in [-0.15, -0.1) is 0 Å². The average Bonchev–Trinajstić information content (AvgIpc) is 2.78. The quantitative estimate of drug-likeness (QED) is 0.619. The third kappa shape index (κ3) is 5.45. The van der Waals surface area contributed by atoms with E-state index >= 15 is 0 Å². The number of carbonyl (C=O) groups excluding carboxylic acids is 1. The lowest BCUT2D eigenvalue weighted by Gasteiger charge is -2.32. The van der Waals surface area contributed by atoms with Gasteiger partial charge < -0.3 is 19.9 Å². The Hall–Kier alpha value is -3.54. The van der Waals surface area contributed by atoms with Crippen LogP contribution in [0.4, 0.5) is 24.9 Å². The van der Waals surface area contributed by atoms with Crippen molar-refractivity contribution < 1.29 is 22.7 Å². The van der Waals surface area contributed by atoms with Crippen LogP contribution in [0.5, 0.6) is 5.75 Å². The Balaban J connectivity index is 1.39. The predicted octanol–water partition coefficient (Wildman–Crippen LogP) is 2.52. The van der Waals surface area contributed by atoms with Gasteiger partial charge in [-0.05, 0) is 38.2 Å². The maximum Gasteiger partial charge on any atom is 0.416 e. The number of likely N-dealkylation sites (N-methyl/N-ethyl adjacent to an activating group) is 1. The number of alkyl halides is 3. The molecule has 174 valence electrons. The topological polar surface area (TPSA) is 96.4 Å². The number of carbonyl (C=O) groups is 1. The van der Waals surface area contributed by atoms with Crippen LogP contribution in [-0.4, -0.2) is 70.6 Å². The van der Waals surface area contributed by atoms with Crippen LogP contribution >= 0.6 is 0 Å². The van der Waals surface area contributed by atoms with E-state index in [4.69, 9.17) is 4.74 Å². The van der Waals surface area contributed by atoms with Gasteiger partial charge in [-0.25, -0.2) is 15.0 Å². The third-order valence-corrected chi connectivity index (χ3v) is 5.17. The maximum atomic E-state index is 12.6. The fourth-order valence-electron chi connectivity index (χ4n) is 3.31. The number of nitrogens with zero attached hydrogens (tertiary/aromatic N) is 6. The first-order valence-electron chi connectivity index (χ1n) is 10.2. The number of ether oxygens (including phenoxy) is 1. The van der Waals surface area contributed by atoms with E-state index < -0.39 is 24.3 Å². The molecule has 1 saturated heterocycles. The number of aryl methyl sites for hydroxylation is 1. The van der Waals surface area contributed by atoms with E-state index in [0.717, 1.165) is 50.4 Å². The second kappa shape index (κ2) is 9.14. The molecule has 3 heterocycles. The van der Waals surface area contributed by atoms with Crippen LogP contribution in [0.25, 0.3) is 11.2 Å². The molecule has 12 heteroatoms. The molecule has 1 aliphatic rings. The Morgan fingerprint density at radius 2 is 1.79 bits per heavy atom. The number of benzene rings is 1. The van der Waals surface area contributed by atoms with E-state index in [2.05, 4.69) is 42.1 Å². The van der Waals surface area contributed by atoms with Crippen LogP contribution in [0, 0.1) is 6.92 Å². The molecule has 1 amide bonds. The summed E-state index contributed by atoms with van der Waals surface area (Å²) in [4.78, 5) is 34.3. The highest BCUT2D eigenvalue weighted by molar-refractivity contribution is 5.91. The van der Waals surface area contributed by atoms with E-state index in [0.29, 0.717) is 22.8 Å². The van der Waals surface area contributed by atoms with Crippen molar-refractivity contribution in [2.75, 3.05) is 50.1 Å². The molecule has 1 aliphatic heterocycles. The van der Waals surface area contributed by atoms with Gasteiger partial charge in [-0.2, -0.15) is 18.2 Å². The summed E-state index contributed by atoms with van der Waals surface area (Å²) in [5, 5.41) is 2.56. The molecule has 0 saturated carbocycles. The summed E-state index contributed by atoms with van der Waals surface area (Å²) in [5.41, 5.74) is 0.738. The minimum absolute atomic E-state index is 0.142. The monoisotopic (exact) mass is 461 g/mol. The number of nitrogens with one attached hydrogen (secondary N) is 1. The van der Waals surface area contributed by atoms with Crippen molar-refractivity contribution in [2.45, 2.75) is 13.1 Å². The Labute approximate surface area is 187 Å². The number of hydrogen-bond donors (Lipinski definition) is 1. The zero-order valence-electron chi connectivity index (χ0n) is 18.1. The molecule has 9 nitrogen and oxygen atoms in total. The smallest absolute Gasteiger partial charge is 0.416 e. The molecule has 3 aromatic rings. The number of rotatable bonds is 5. The Morgan fingerprint density at radius 1 is 1.09 bits per heavy atom. The number of aromatic nitrogens is 4. The van der Waals surface area contributed by atoms with E-state index in [1.165, 1.54) is 6.20 Å². The number of fused-ring (bicyclic) bond motifs is 1. The van der Waals surface area contributed by atoms with Crippen molar-refractivity contribution >= 4 is 28.8 Å². The van der Waals surface area contributed by atoms with Gasteiger partial charge in [0, 0.05) is 26.2 Å². The number of anilines is 2. The fourth-order valence-corrected chi connectivity index (χ4v) is 3.31. The van der Waals surface area contributed by atoms with Crippen LogP contribution in [-0.2, 0) is 11.0 Å². The predicted molar refractivity (Wildman–Crippen MR) is 115 cm³/mol. The molecule has 1 fully saturated rings. The van der Waals surface area contributed by atoms with Gasteiger partial charge >= 0.3 is 6.18 Å². The molecule has 0 unspecified atom stereocenters. The Bertz CT molecular complexity index is 1150. The highest BCUT2D eigenvalue weighted by atomic mass is 19.4. The van der Waals surface area contributed by atoms with Crippen molar-refractivity contribution in [3.63, 3.8) is 0 Å². The number of amides is 1. The minimum atomic E-state index is -4.43. The highest BCUT2D eigenvalue weighted by Gasteiger charge is 2.30. The summed E-state index contributed by atoms with van der Waals surface area (Å²) in [7, 11) is 2.07. The number of hydrogen-bond acceptors (Lipinski definition) is 8. The van der Waals surface area contributed by atoms with Crippen LogP contribution < -0.4 is 15.0 Å². The summed E-state index contributed by atoms with van der Waals surface area (Å²) in [5.74, 6) is 0.409. The Kier molecular flexibility index (Phi) is 6.27. The van der Waals surface area contributed by atoms with E-state index in [1.54, 1.807) is 6.92 Å². The molecule has 0 spiro atoms. The molecule has 4 rings (SSSR count). The first-order chi connectivity index (χ1) is 15.7. The number of piperazine rings is 1. The molecular weight excluding hydrogens is 439 g/mol. The standard InChI is InChI=1S/C21H22F3N7O2/c1-13-18-19(29-20(26-13)31-9-7-30(2)8-10-31)25-11-16(28-18)27-17(32)12-33-15-5-3-14(4-6-15)21(22,23)24/h3-6,11H,7-10,12H2,1-2H3,(H,27,28,32). The fraction of sp³-hybridized carbons (Fsp3) is 0.381. The molecule has 33 heavy (non-hydrogen) atoms. The molecule has 0 bridgehead atoms. The van der Waals surface area contributed by atoms with Crippen LogP contribution in [0.1, 0.15) is 11.3 Å². The van der Waals surface area contributed by atoms with Gasteiger partial charge in [-0.1, -0.05) is 0 Å². The van der Waals surface area contributed by atoms with Gasteiger partial charge in [0.05, 0.1) is 17.5 Å². The largest absolute Gasteiger partial charge is 0.484 e. The van der Waals surface area contributed by atoms with E-state index in [1.807, 2.05) is 0 Å². The van der Waals surface area contributed by atoms with Crippen molar-refractivity contribution in [1.82, 2.24) is 24.8 Å². The average molecular weight is 461 g/mol. The Morgan fingerprint density at radius 3 is 2.45 bits per heavy atom. The van der Waals surface area contributed by atoms with Gasteiger partial charge in [0.1, 0.15) is 11.3 Å². The first-order valence-corrected chi connectivity index (χ1v) is 10.2. The summed E-state index contributed by atoms with van der Waals surface area (Å²) >= 11 is 0.